The summed E-state index contributed by atoms with van der Waals surface area (Å²) in [5.41, 5.74) is 7.97. The van der Waals surface area contributed by atoms with Crippen LogP contribution < -0.4 is 20.5 Å². The molecule has 3 N–H and O–H groups in total. The average molecular weight is 362 g/mol. The molecule has 0 bridgehead atoms. The smallest absolute Gasteiger partial charge is 0.193 e. The summed E-state index contributed by atoms with van der Waals surface area (Å²) in [5.74, 6) is 2.22. The van der Waals surface area contributed by atoms with Gasteiger partial charge in [-0.25, -0.2) is 0 Å². The Morgan fingerprint density at radius 1 is 1.16 bits per heavy atom. The van der Waals surface area contributed by atoms with Gasteiger partial charge in [0.05, 0.1) is 19.2 Å². The molecule has 0 radical (unpaired) electrons. The van der Waals surface area contributed by atoms with Crippen molar-refractivity contribution in [2.45, 2.75) is 13.3 Å². The monoisotopic (exact) mass is 361 g/mol. The number of hydrogen-bond donors (Lipinski definition) is 2. The molecule has 0 saturated carbocycles. The van der Waals surface area contributed by atoms with Crippen molar-refractivity contribution in [3.63, 3.8) is 0 Å². The molecule has 0 spiro atoms. The number of benzene rings is 2. The molecule has 0 amide bonds. The maximum Gasteiger partial charge on any atom is 0.193 e. The van der Waals surface area contributed by atoms with Gasteiger partial charge in [0.25, 0.3) is 0 Å². The lowest BCUT2D eigenvalue weighted by Crippen LogP contribution is -2.23. The Labute approximate surface area is 153 Å². The third-order valence-corrected chi connectivity index (χ3v) is 4.04. The first-order chi connectivity index (χ1) is 12.0. The molecule has 1 unspecified atom stereocenters. The lowest BCUT2D eigenvalue weighted by atomic mass is 10.0. The van der Waals surface area contributed by atoms with Crippen molar-refractivity contribution in [1.29, 1.82) is 0 Å². The summed E-state index contributed by atoms with van der Waals surface area (Å²) in [6.45, 7) is 2.78. The van der Waals surface area contributed by atoms with E-state index in [1.807, 2.05) is 18.2 Å². The fraction of sp³-hybridized carbons (Fsp3) is 0.316. The van der Waals surface area contributed by atoms with Crippen LogP contribution in [-0.2, 0) is 6.42 Å². The van der Waals surface area contributed by atoms with Gasteiger partial charge in [0.2, 0.25) is 0 Å². The van der Waals surface area contributed by atoms with Gasteiger partial charge in [-0.15, -0.1) is 0 Å². The molecule has 5 nitrogen and oxygen atoms in total. The van der Waals surface area contributed by atoms with Gasteiger partial charge in [0.15, 0.2) is 5.96 Å². The normalized spacial score (nSPS) is 12.6. The number of anilines is 1. The molecule has 2 aromatic rings. The molecule has 0 fully saturated rings. The van der Waals surface area contributed by atoms with E-state index in [0.717, 1.165) is 17.9 Å². The Bertz CT molecular complexity index is 717. The van der Waals surface area contributed by atoms with Gasteiger partial charge in [-0.3, -0.25) is 4.99 Å². The molecule has 0 heterocycles. The van der Waals surface area contributed by atoms with Crippen LogP contribution in [0.25, 0.3) is 0 Å². The zero-order chi connectivity index (χ0) is 18.2. The summed E-state index contributed by atoms with van der Waals surface area (Å²) >= 11 is 6.10. The van der Waals surface area contributed by atoms with Crippen molar-refractivity contribution in [3.05, 3.63) is 53.1 Å². The number of ether oxygens (including phenoxy) is 2. The number of guanidine groups is 1. The maximum atomic E-state index is 6.10. The van der Waals surface area contributed by atoms with E-state index in [0.29, 0.717) is 29.2 Å². The SMILES string of the molecule is COc1ccc(CC(C)CN=C(N)Nc2ccc(OC)c(Cl)c2)cc1. The van der Waals surface area contributed by atoms with Gasteiger partial charge in [-0.1, -0.05) is 30.7 Å². The Morgan fingerprint density at radius 3 is 2.48 bits per heavy atom. The summed E-state index contributed by atoms with van der Waals surface area (Å²) in [5, 5.41) is 3.56. The van der Waals surface area contributed by atoms with E-state index < -0.39 is 0 Å². The highest BCUT2D eigenvalue weighted by atomic mass is 35.5. The van der Waals surface area contributed by atoms with Crippen LogP contribution in [0.4, 0.5) is 5.69 Å². The van der Waals surface area contributed by atoms with Gasteiger partial charge in [0.1, 0.15) is 11.5 Å². The summed E-state index contributed by atoms with van der Waals surface area (Å²) in [6, 6.07) is 13.4. The summed E-state index contributed by atoms with van der Waals surface area (Å²) in [4.78, 5) is 4.41. The lowest BCUT2D eigenvalue weighted by Gasteiger charge is -2.11. The van der Waals surface area contributed by atoms with Gasteiger partial charge >= 0.3 is 0 Å². The standard InChI is InChI=1S/C19H24ClN3O2/c1-13(10-14-4-7-16(24-2)8-5-14)12-22-19(21)23-15-6-9-18(25-3)17(20)11-15/h4-9,11,13H,10,12H2,1-3H3,(H3,21,22,23). The predicted molar refractivity (Wildman–Crippen MR) is 104 cm³/mol. The third-order valence-electron chi connectivity index (χ3n) is 3.74. The van der Waals surface area contributed by atoms with Gasteiger partial charge in [-0.2, -0.15) is 0 Å². The van der Waals surface area contributed by atoms with Crippen molar-refractivity contribution in [1.82, 2.24) is 0 Å². The van der Waals surface area contributed by atoms with E-state index in [9.17, 15) is 0 Å². The third kappa shape index (κ3) is 5.87. The van der Waals surface area contributed by atoms with E-state index in [2.05, 4.69) is 29.4 Å². The van der Waals surface area contributed by atoms with Crippen LogP contribution in [0, 0.1) is 5.92 Å². The van der Waals surface area contributed by atoms with Crippen LogP contribution >= 0.6 is 11.6 Å². The van der Waals surface area contributed by atoms with Gasteiger partial charge in [-0.05, 0) is 48.2 Å². The highest BCUT2D eigenvalue weighted by Crippen LogP contribution is 2.27. The quantitative estimate of drug-likeness (QED) is 0.578. The topological polar surface area (TPSA) is 68.9 Å². The van der Waals surface area contributed by atoms with E-state index in [-0.39, 0.29) is 0 Å². The highest BCUT2D eigenvalue weighted by molar-refractivity contribution is 6.32. The van der Waals surface area contributed by atoms with Gasteiger partial charge in [0, 0.05) is 12.2 Å². The Hall–Kier alpha value is -2.40. The second kappa shape index (κ2) is 9.18. The van der Waals surface area contributed by atoms with Crippen LogP contribution in [0.15, 0.2) is 47.5 Å². The minimum absolute atomic E-state index is 0.364. The molecule has 0 aromatic heterocycles. The number of methoxy groups -OCH3 is 2. The molecule has 0 saturated heterocycles. The van der Waals surface area contributed by atoms with Crippen LogP contribution in [0.5, 0.6) is 11.5 Å². The Balaban J connectivity index is 1.87. The fourth-order valence-corrected chi connectivity index (χ4v) is 2.67. The minimum Gasteiger partial charge on any atom is -0.497 e. The Kier molecular flexibility index (Phi) is 6.95. The molecule has 2 rings (SSSR count). The van der Waals surface area contributed by atoms with E-state index in [4.69, 9.17) is 26.8 Å². The molecule has 2 aromatic carbocycles. The largest absolute Gasteiger partial charge is 0.497 e. The molecule has 0 aliphatic heterocycles. The van der Waals surface area contributed by atoms with Crippen molar-refractivity contribution in [2.24, 2.45) is 16.6 Å². The average Bonchev–Trinajstić information content (AvgIpc) is 2.61. The maximum absolute atomic E-state index is 6.10. The number of nitrogens with one attached hydrogen (secondary N) is 1. The summed E-state index contributed by atoms with van der Waals surface area (Å²) in [7, 11) is 3.24. The zero-order valence-corrected chi connectivity index (χ0v) is 15.5. The molecular formula is C19H24ClN3O2. The molecule has 6 heteroatoms. The minimum atomic E-state index is 0.364. The zero-order valence-electron chi connectivity index (χ0n) is 14.8. The van der Waals surface area contributed by atoms with Crippen LogP contribution in [0.2, 0.25) is 5.02 Å². The summed E-state index contributed by atoms with van der Waals surface area (Å²) in [6.07, 6.45) is 0.926. The lowest BCUT2D eigenvalue weighted by molar-refractivity contribution is 0.414. The van der Waals surface area contributed by atoms with Crippen LogP contribution in [0.3, 0.4) is 0 Å². The molecule has 0 aliphatic rings. The van der Waals surface area contributed by atoms with Crippen molar-refractivity contribution < 1.29 is 9.47 Å². The van der Waals surface area contributed by atoms with E-state index >= 15 is 0 Å². The second-order valence-electron chi connectivity index (χ2n) is 5.86. The number of aliphatic imine (C=N–C) groups is 1. The second-order valence-corrected chi connectivity index (χ2v) is 6.26. The molecule has 134 valence electrons. The molecular weight excluding hydrogens is 338 g/mol. The van der Waals surface area contributed by atoms with Crippen LogP contribution in [-0.4, -0.2) is 26.7 Å². The first-order valence-electron chi connectivity index (χ1n) is 8.05. The van der Waals surface area contributed by atoms with E-state index in [1.165, 1.54) is 5.56 Å². The van der Waals surface area contributed by atoms with E-state index in [1.54, 1.807) is 26.4 Å². The number of nitrogens with zero attached hydrogens (tertiary/aromatic N) is 1. The van der Waals surface area contributed by atoms with Crippen molar-refractivity contribution in [3.8, 4) is 11.5 Å². The number of halogens is 1. The number of rotatable bonds is 7. The summed E-state index contributed by atoms with van der Waals surface area (Å²) < 4.78 is 10.3. The first kappa shape index (κ1) is 18.9. The molecule has 25 heavy (non-hydrogen) atoms. The first-order valence-corrected chi connectivity index (χ1v) is 8.43. The fourth-order valence-electron chi connectivity index (χ4n) is 2.41. The Morgan fingerprint density at radius 2 is 1.88 bits per heavy atom. The van der Waals surface area contributed by atoms with Crippen LogP contribution in [0.1, 0.15) is 12.5 Å². The predicted octanol–water partition coefficient (Wildman–Crippen LogP) is 3.96. The highest BCUT2D eigenvalue weighted by Gasteiger charge is 2.05. The van der Waals surface area contributed by atoms with Crippen molar-refractivity contribution >= 4 is 23.2 Å². The molecule has 0 aliphatic carbocycles. The number of hydrogen-bond acceptors (Lipinski definition) is 3. The van der Waals surface area contributed by atoms with Gasteiger partial charge < -0.3 is 20.5 Å². The molecule has 1 atom stereocenters. The van der Waals surface area contributed by atoms with Crippen molar-refractivity contribution in [2.75, 3.05) is 26.1 Å². The number of nitrogens with two attached hydrogens (primary N) is 1.